The number of nitrogens with zero attached hydrogens (tertiary/aromatic N) is 2. The summed E-state index contributed by atoms with van der Waals surface area (Å²) in [6, 6.07) is 18.9. The molecule has 5 heteroatoms. The Morgan fingerprint density at radius 1 is 1.08 bits per heavy atom. The molecule has 2 heterocycles. The van der Waals surface area contributed by atoms with Crippen LogP contribution in [0.2, 0.25) is 5.15 Å². The number of benzene rings is 2. The predicted octanol–water partition coefficient (Wildman–Crippen LogP) is 5.45. The molecule has 0 fully saturated rings. The predicted molar refractivity (Wildman–Crippen MR) is 103 cm³/mol. The highest BCUT2D eigenvalue weighted by Crippen LogP contribution is 2.30. The van der Waals surface area contributed by atoms with Crippen LogP contribution in [-0.4, -0.2) is 15.0 Å². The number of H-pyrrole nitrogens is 1. The Balaban J connectivity index is 1.66. The molecule has 0 unspecified atom stereocenters. The van der Waals surface area contributed by atoms with Crippen molar-refractivity contribution in [3.63, 3.8) is 0 Å². The van der Waals surface area contributed by atoms with E-state index in [0.717, 1.165) is 28.0 Å². The van der Waals surface area contributed by atoms with Crippen LogP contribution in [0.5, 0.6) is 0 Å². The fourth-order valence-electron chi connectivity index (χ4n) is 2.94. The summed E-state index contributed by atoms with van der Waals surface area (Å²) < 4.78 is 0. The number of hydrogen-bond donors (Lipinski definition) is 2. The minimum Gasteiger partial charge on any atom is -0.379 e. The Hall–Kier alpha value is -2.85. The van der Waals surface area contributed by atoms with Crippen molar-refractivity contribution in [1.82, 2.24) is 15.0 Å². The molecule has 4 aromatic rings. The van der Waals surface area contributed by atoms with Gasteiger partial charge in [-0.05, 0) is 30.2 Å². The molecule has 4 nitrogen and oxygen atoms in total. The largest absolute Gasteiger partial charge is 0.379 e. The first-order valence-corrected chi connectivity index (χ1v) is 8.50. The summed E-state index contributed by atoms with van der Waals surface area (Å²) in [5.74, 6) is 0. The van der Waals surface area contributed by atoms with Crippen LogP contribution in [0.3, 0.4) is 0 Å². The standard InChI is InChI=1S/C20H17ClN4/c1-13(14-6-3-2-4-7-14)24-16-9-5-8-15(10-16)17-11-22-20-19(17)25-18(21)12-23-20/h2-13,24H,1H3,(H,22,23)/t13-/m0/s1. The third-order valence-electron chi connectivity index (χ3n) is 4.21. The molecular weight excluding hydrogens is 332 g/mol. The molecule has 25 heavy (non-hydrogen) atoms. The second kappa shape index (κ2) is 6.57. The molecule has 124 valence electrons. The van der Waals surface area contributed by atoms with E-state index in [1.807, 2.05) is 18.3 Å². The summed E-state index contributed by atoms with van der Waals surface area (Å²) in [5, 5.41) is 3.94. The van der Waals surface area contributed by atoms with Gasteiger partial charge in [0.15, 0.2) is 5.65 Å². The van der Waals surface area contributed by atoms with Gasteiger partial charge in [-0.3, -0.25) is 0 Å². The molecule has 0 saturated carbocycles. The van der Waals surface area contributed by atoms with E-state index >= 15 is 0 Å². The summed E-state index contributed by atoms with van der Waals surface area (Å²) in [5.41, 5.74) is 5.86. The van der Waals surface area contributed by atoms with Crippen molar-refractivity contribution in [1.29, 1.82) is 0 Å². The quantitative estimate of drug-likeness (QED) is 0.515. The Morgan fingerprint density at radius 3 is 2.76 bits per heavy atom. The van der Waals surface area contributed by atoms with E-state index < -0.39 is 0 Å². The second-order valence-electron chi connectivity index (χ2n) is 5.95. The summed E-state index contributed by atoms with van der Waals surface area (Å²) in [6.45, 7) is 2.15. The zero-order chi connectivity index (χ0) is 17.2. The van der Waals surface area contributed by atoms with E-state index in [2.05, 4.69) is 69.7 Å². The van der Waals surface area contributed by atoms with Crippen molar-refractivity contribution in [2.24, 2.45) is 0 Å². The molecule has 2 aromatic heterocycles. The Bertz CT molecular complexity index is 1010. The molecule has 0 spiro atoms. The molecule has 0 aliphatic carbocycles. The fraction of sp³-hybridized carbons (Fsp3) is 0.100. The molecule has 0 amide bonds. The third kappa shape index (κ3) is 3.21. The summed E-state index contributed by atoms with van der Waals surface area (Å²) in [4.78, 5) is 11.8. The highest BCUT2D eigenvalue weighted by molar-refractivity contribution is 6.29. The van der Waals surface area contributed by atoms with Gasteiger partial charge in [0, 0.05) is 23.5 Å². The van der Waals surface area contributed by atoms with Gasteiger partial charge < -0.3 is 10.3 Å². The minimum absolute atomic E-state index is 0.216. The van der Waals surface area contributed by atoms with E-state index in [0.29, 0.717) is 5.15 Å². The van der Waals surface area contributed by atoms with Gasteiger partial charge >= 0.3 is 0 Å². The molecule has 0 aliphatic rings. The molecule has 0 bridgehead atoms. The van der Waals surface area contributed by atoms with Crippen LogP contribution >= 0.6 is 11.6 Å². The number of rotatable bonds is 4. The lowest BCUT2D eigenvalue weighted by atomic mass is 10.1. The first-order valence-electron chi connectivity index (χ1n) is 8.12. The SMILES string of the molecule is C[C@H](Nc1cccc(-c2c[nH]c3ncc(Cl)nc23)c1)c1ccccc1. The maximum Gasteiger partial charge on any atom is 0.156 e. The maximum absolute atomic E-state index is 6.00. The van der Waals surface area contributed by atoms with Crippen molar-refractivity contribution in [2.75, 3.05) is 5.32 Å². The molecule has 2 aromatic carbocycles. The van der Waals surface area contributed by atoms with Crippen LogP contribution in [0.15, 0.2) is 67.0 Å². The summed E-state index contributed by atoms with van der Waals surface area (Å²) in [7, 11) is 0. The number of halogens is 1. The first-order chi connectivity index (χ1) is 12.2. The second-order valence-corrected chi connectivity index (χ2v) is 6.34. The van der Waals surface area contributed by atoms with Crippen molar-refractivity contribution in [3.8, 4) is 11.1 Å². The van der Waals surface area contributed by atoms with Gasteiger partial charge in [-0.15, -0.1) is 0 Å². The average Bonchev–Trinajstić information content (AvgIpc) is 3.05. The normalized spacial score (nSPS) is 12.2. The van der Waals surface area contributed by atoms with Crippen molar-refractivity contribution in [2.45, 2.75) is 13.0 Å². The van der Waals surface area contributed by atoms with Crippen LogP contribution in [0.1, 0.15) is 18.5 Å². The lowest BCUT2D eigenvalue weighted by Gasteiger charge is -2.16. The number of nitrogens with one attached hydrogen (secondary N) is 2. The van der Waals surface area contributed by atoms with Gasteiger partial charge in [0.2, 0.25) is 0 Å². The van der Waals surface area contributed by atoms with E-state index in [1.165, 1.54) is 5.56 Å². The lowest BCUT2D eigenvalue weighted by molar-refractivity contribution is 0.885. The molecule has 4 rings (SSSR count). The zero-order valence-corrected chi connectivity index (χ0v) is 14.5. The highest BCUT2D eigenvalue weighted by atomic mass is 35.5. The molecule has 0 saturated heterocycles. The molecule has 1 atom stereocenters. The zero-order valence-electron chi connectivity index (χ0n) is 13.7. The Morgan fingerprint density at radius 2 is 1.92 bits per heavy atom. The van der Waals surface area contributed by atoms with E-state index in [-0.39, 0.29) is 6.04 Å². The summed E-state index contributed by atoms with van der Waals surface area (Å²) >= 11 is 6.00. The van der Waals surface area contributed by atoms with Crippen molar-refractivity contribution < 1.29 is 0 Å². The van der Waals surface area contributed by atoms with Gasteiger partial charge in [-0.2, -0.15) is 0 Å². The van der Waals surface area contributed by atoms with Crippen LogP contribution in [0, 0.1) is 0 Å². The molecular formula is C20H17ClN4. The fourth-order valence-corrected chi connectivity index (χ4v) is 3.07. The summed E-state index contributed by atoms with van der Waals surface area (Å²) in [6.07, 6.45) is 3.46. The van der Waals surface area contributed by atoms with Crippen LogP contribution in [0.4, 0.5) is 5.69 Å². The number of hydrogen-bond acceptors (Lipinski definition) is 3. The first kappa shape index (κ1) is 15.7. The van der Waals surface area contributed by atoms with Crippen molar-refractivity contribution >= 4 is 28.5 Å². The van der Waals surface area contributed by atoms with E-state index in [1.54, 1.807) is 6.20 Å². The average molecular weight is 349 g/mol. The maximum atomic E-state index is 6.00. The number of fused-ring (bicyclic) bond motifs is 1. The lowest BCUT2D eigenvalue weighted by Crippen LogP contribution is -2.06. The number of aromatic amines is 1. The van der Waals surface area contributed by atoms with Gasteiger partial charge in [0.25, 0.3) is 0 Å². The molecule has 2 N–H and O–H groups in total. The van der Waals surface area contributed by atoms with Gasteiger partial charge in [0.1, 0.15) is 10.7 Å². The minimum atomic E-state index is 0.216. The van der Waals surface area contributed by atoms with Crippen LogP contribution in [-0.2, 0) is 0 Å². The Kier molecular flexibility index (Phi) is 4.12. The van der Waals surface area contributed by atoms with Crippen molar-refractivity contribution in [3.05, 3.63) is 77.7 Å². The highest BCUT2D eigenvalue weighted by Gasteiger charge is 2.11. The van der Waals surface area contributed by atoms with Crippen LogP contribution in [0.25, 0.3) is 22.3 Å². The van der Waals surface area contributed by atoms with E-state index in [4.69, 9.17) is 11.6 Å². The third-order valence-corrected chi connectivity index (χ3v) is 4.39. The van der Waals surface area contributed by atoms with Gasteiger partial charge in [0.05, 0.1) is 6.20 Å². The van der Waals surface area contributed by atoms with Crippen LogP contribution < -0.4 is 5.32 Å². The van der Waals surface area contributed by atoms with E-state index in [9.17, 15) is 0 Å². The number of anilines is 1. The smallest absolute Gasteiger partial charge is 0.156 e. The van der Waals surface area contributed by atoms with Gasteiger partial charge in [-0.1, -0.05) is 54.1 Å². The molecule has 0 aliphatic heterocycles. The monoisotopic (exact) mass is 348 g/mol. The van der Waals surface area contributed by atoms with Gasteiger partial charge in [-0.25, -0.2) is 9.97 Å². The number of aromatic nitrogens is 3. The molecule has 0 radical (unpaired) electrons. The Labute approximate surface area is 150 Å². The topological polar surface area (TPSA) is 53.6 Å².